The van der Waals surface area contributed by atoms with Crippen molar-refractivity contribution in [1.29, 1.82) is 0 Å². The predicted molar refractivity (Wildman–Crippen MR) is 147 cm³/mol. The summed E-state index contributed by atoms with van der Waals surface area (Å²) in [6.07, 6.45) is 5.81. The Morgan fingerprint density at radius 1 is 1.16 bits per heavy atom. The van der Waals surface area contributed by atoms with Gasteiger partial charge in [0.15, 0.2) is 11.5 Å². The van der Waals surface area contributed by atoms with Crippen molar-refractivity contribution in [3.8, 4) is 11.3 Å². The van der Waals surface area contributed by atoms with Gasteiger partial charge in [0.1, 0.15) is 0 Å². The molecule has 0 aliphatic heterocycles. The molecule has 1 unspecified atom stereocenters. The Hall–Kier alpha value is -4.05. The van der Waals surface area contributed by atoms with Crippen molar-refractivity contribution in [3.63, 3.8) is 0 Å². The summed E-state index contributed by atoms with van der Waals surface area (Å²) in [6.45, 7) is 7.09. The number of nitrogens with two attached hydrogens (primary N) is 1. The Kier molecular flexibility index (Phi) is 9.72. The number of aromatic nitrogens is 3. The van der Waals surface area contributed by atoms with Crippen LogP contribution < -0.4 is 11.1 Å². The number of hydrogen-bond acceptors (Lipinski definition) is 7. The number of anilines is 2. The van der Waals surface area contributed by atoms with Crippen molar-refractivity contribution < 1.29 is 19.4 Å². The average Bonchev–Trinajstić information content (AvgIpc) is 2.88. The first-order chi connectivity index (χ1) is 18.1. The van der Waals surface area contributed by atoms with Gasteiger partial charge in [-0.1, -0.05) is 45.0 Å². The van der Waals surface area contributed by atoms with Gasteiger partial charge in [0.2, 0.25) is 0 Å². The zero-order valence-corrected chi connectivity index (χ0v) is 22.3. The van der Waals surface area contributed by atoms with E-state index in [1.54, 1.807) is 25.4 Å². The molecule has 0 aliphatic carbocycles. The Balaban J connectivity index is 1.66. The number of ether oxygens (including phenoxy) is 1. The summed E-state index contributed by atoms with van der Waals surface area (Å²) in [5.74, 6) is -0.433. The summed E-state index contributed by atoms with van der Waals surface area (Å²) in [5, 5.41) is 12.6. The van der Waals surface area contributed by atoms with E-state index >= 15 is 0 Å². The van der Waals surface area contributed by atoms with E-state index in [-0.39, 0.29) is 23.0 Å². The van der Waals surface area contributed by atoms with Crippen LogP contribution >= 0.6 is 0 Å². The molecule has 38 heavy (non-hydrogen) atoms. The summed E-state index contributed by atoms with van der Waals surface area (Å²) in [5.41, 5.74) is 8.66. The van der Waals surface area contributed by atoms with Gasteiger partial charge in [0, 0.05) is 38.1 Å². The standard InChI is InChI=1S/C28H36N6O4/c1-28(2,3)23(13-16-38-4)34(27(36)37)15-6-7-19-9-11-20(12-10-19)22-18-31-25(29)24(33-22)26(35)32-21-8-5-14-30-17-21/h5,8-12,14,17-18,23H,6-7,13,15-16H2,1-4H3,(H2,29,31)(H,32,35)(H,36,37). The van der Waals surface area contributed by atoms with E-state index in [4.69, 9.17) is 10.5 Å². The lowest BCUT2D eigenvalue weighted by Crippen LogP contribution is -2.48. The molecule has 0 spiro atoms. The van der Waals surface area contributed by atoms with Crippen LogP contribution in [-0.2, 0) is 11.2 Å². The molecule has 1 aromatic carbocycles. The Bertz CT molecular complexity index is 1210. The number of benzene rings is 1. The van der Waals surface area contributed by atoms with Gasteiger partial charge in [0.05, 0.1) is 23.8 Å². The fourth-order valence-corrected chi connectivity index (χ4v) is 4.30. The maximum Gasteiger partial charge on any atom is 0.407 e. The third kappa shape index (κ3) is 7.72. The Morgan fingerprint density at radius 2 is 1.89 bits per heavy atom. The van der Waals surface area contributed by atoms with Gasteiger partial charge in [-0.2, -0.15) is 0 Å². The van der Waals surface area contributed by atoms with E-state index in [2.05, 4.69) is 41.0 Å². The van der Waals surface area contributed by atoms with Crippen molar-refractivity contribution >= 4 is 23.5 Å². The molecule has 3 aromatic rings. The zero-order chi connectivity index (χ0) is 27.7. The predicted octanol–water partition coefficient (Wildman–Crippen LogP) is 4.74. The molecule has 0 saturated carbocycles. The Labute approximate surface area is 223 Å². The minimum absolute atomic E-state index is 0.0334. The number of amides is 2. The number of rotatable bonds is 11. The van der Waals surface area contributed by atoms with Crippen LogP contribution in [-0.4, -0.2) is 63.3 Å². The second kappa shape index (κ2) is 13.0. The van der Waals surface area contributed by atoms with Crippen LogP contribution in [0.3, 0.4) is 0 Å². The fraction of sp³-hybridized carbons (Fsp3) is 0.393. The SMILES string of the molecule is COCCC(N(CCCc1ccc(-c2cnc(N)c(C(=O)Nc3cccnc3)n2)cc1)C(=O)O)C(C)(C)C. The Morgan fingerprint density at radius 3 is 2.50 bits per heavy atom. The lowest BCUT2D eigenvalue weighted by Gasteiger charge is -2.38. The van der Waals surface area contributed by atoms with Crippen LogP contribution in [0.25, 0.3) is 11.3 Å². The first-order valence-electron chi connectivity index (χ1n) is 12.5. The highest BCUT2D eigenvalue weighted by Gasteiger charge is 2.32. The summed E-state index contributed by atoms with van der Waals surface area (Å²) in [4.78, 5) is 38.8. The van der Waals surface area contributed by atoms with Gasteiger partial charge in [-0.25, -0.2) is 14.8 Å². The summed E-state index contributed by atoms with van der Waals surface area (Å²) in [7, 11) is 1.63. The van der Waals surface area contributed by atoms with E-state index in [1.807, 2.05) is 24.3 Å². The number of aryl methyl sites for hydroxylation is 1. The molecule has 3 rings (SSSR count). The van der Waals surface area contributed by atoms with Crippen LogP contribution in [0.4, 0.5) is 16.3 Å². The van der Waals surface area contributed by atoms with Gasteiger partial charge in [-0.15, -0.1) is 0 Å². The highest BCUT2D eigenvalue weighted by atomic mass is 16.5. The second-order valence-electron chi connectivity index (χ2n) is 10.1. The topological polar surface area (TPSA) is 144 Å². The molecule has 2 heterocycles. The van der Waals surface area contributed by atoms with E-state index in [1.165, 1.54) is 17.3 Å². The normalized spacial score (nSPS) is 12.1. The van der Waals surface area contributed by atoms with Crippen molar-refractivity contribution in [1.82, 2.24) is 19.9 Å². The van der Waals surface area contributed by atoms with E-state index in [9.17, 15) is 14.7 Å². The van der Waals surface area contributed by atoms with Crippen molar-refractivity contribution in [2.75, 3.05) is 31.3 Å². The number of hydrogen-bond donors (Lipinski definition) is 3. The van der Waals surface area contributed by atoms with Crippen LogP contribution in [0.1, 0.15) is 49.7 Å². The van der Waals surface area contributed by atoms with Crippen LogP contribution in [0.2, 0.25) is 0 Å². The van der Waals surface area contributed by atoms with Gasteiger partial charge in [-0.3, -0.25) is 9.78 Å². The maximum absolute atomic E-state index is 12.7. The van der Waals surface area contributed by atoms with Gasteiger partial charge >= 0.3 is 6.09 Å². The smallest absolute Gasteiger partial charge is 0.407 e. The highest BCUT2D eigenvalue weighted by Crippen LogP contribution is 2.28. The monoisotopic (exact) mass is 520 g/mol. The number of nitrogen functional groups attached to an aromatic ring is 1. The minimum Gasteiger partial charge on any atom is -0.465 e. The lowest BCUT2D eigenvalue weighted by atomic mass is 9.83. The number of carbonyl (C=O) groups excluding carboxylic acids is 1. The molecule has 10 heteroatoms. The van der Waals surface area contributed by atoms with E-state index in [0.717, 1.165) is 17.5 Å². The number of carboxylic acid groups (broad SMARTS) is 1. The van der Waals surface area contributed by atoms with Crippen molar-refractivity contribution in [2.24, 2.45) is 5.41 Å². The van der Waals surface area contributed by atoms with Gasteiger partial charge < -0.3 is 25.8 Å². The number of nitrogens with one attached hydrogen (secondary N) is 1. The summed E-state index contributed by atoms with van der Waals surface area (Å²) < 4.78 is 5.21. The molecule has 0 radical (unpaired) electrons. The van der Waals surface area contributed by atoms with Crippen molar-refractivity contribution in [3.05, 3.63) is 66.2 Å². The number of methoxy groups -OCH3 is 1. The van der Waals surface area contributed by atoms with Gasteiger partial charge in [0.25, 0.3) is 5.91 Å². The molecule has 10 nitrogen and oxygen atoms in total. The first kappa shape index (κ1) is 28.5. The van der Waals surface area contributed by atoms with E-state index < -0.39 is 12.0 Å². The molecule has 0 aliphatic rings. The molecular weight excluding hydrogens is 484 g/mol. The quantitative estimate of drug-likeness (QED) is 0.329. The summed E-state index contributed by atoms with van der Waals surface area (Å²) in [6, 6.07) is 11.0. The third-order valence-corrected chi connectivity index (χ3v) is 6.27. The first-order valence-corrected chi connectivity index (χ1v) is 12.5. The third-order valence-electron chi connectivity index (χ3n) is 6.27. The maximum atomic E-state index is 12.7. The van der Waals surface area contributed by atoms with Crippen LogP contribution in [0.5, 0.6) is 0 Å². The van der Waals surface area contributed by atoms with Gasteiger partial charge in [-0.05, 0) is 42.4 Å². The average molecular weight is 521 g/mol. The number of nitrogens with zero attached hydrogens (tertiary/aromatic N) is 4. The number of carbonyl (C=O) groups is 2. The molecule has 4 N–H and O–H groups in total. The molecule has 2 amide bonds. The highest BCUT2D eigenvalue weighted by molar-refractivity contribution is 6.05. The molecule has 0 bridgehead atoms. The zero-order valence-electron chi connectivity index (χ0n) is 22.3. The summed E-state index contributed by atoms with van der Waals surface area (Å²) >= 11 is 0. The number of pyridine rings is 1. The molecule has 2 aromatic heterocycles. The molecule has 202 valence electrons. The molecule has 0 saturated heterocycles. The molecule has 0 fully saturated rings. The van der Waals surface area contributed by atoms with E-state index in [0.29, 0.717) is 37.4 Å². The van der Waals surface area contributed by atoms with Crippen LogP contribution in [0, 0.1) is 5.41 Å². The van der Waals surface area contributed by atoms with Crippen LogP contribution in [0.15, 0.2) is 55.0 Å². The fourth-order valence-electron chi connectivity index (χ4n) is 4.30. The minimum atomic E-state index is -0.915. The second-order valence-corrected chi connectivity index (χ2v) is 10.1. The molecule has 1 atom stereocenters. The lowest BCUT2D eigenvalue weighted by molar-refractivity contribution is 0.0597. The van der Waals surface area contributed by atoms with Crippen molar-refractivity contribution in [2.45, 2.75) is 46.1 Å². The molecular formula is C28H36N6O4. The largest absolute Gasteiger partial charge is 0.465 e.